The Labute approximate surface area is 108 Å². The average molecular weight is 267 g/mol. The molecule has 96 valence electrons. The van der Waals surface area contributed by atoms with E-state index in [1.165, 1.54) is 0 Å². The highest BCUT2D eigenvalue weighted by atomic mass is 32.1. The summed E-state index contributed by atoms with van der Waals surface area (Å²) in [5.41, 5.74) is 6.25. The number of nitrogens with zero attached hydrogens (tertiary/aromatic N) is 2. The van der Waals surface area contributed by atoms with E-state index in [1.807, 2.05) is 0 Å². The maximum Gasteiger partial charge on any atom is 0.200 e. The van der Waals surface area contributed by atoms with Crippen LogP contribution in [-0.4, -0.2) is 30.7 Å². The molecule has 0 aliphatic rings. The van der Waals surface area contributed by atoms with Crippen LogP contribution in [-0.2, 0) is 0 Å². The second-order valence-electron chi connectivity index (χ2n) is 3.36. The standard InChI is InChI=1S/C11H13N3O3S/c1-15-6-4-7(16-2)9(8(5-6)17-3)10-13-11(12)18-14-10/h4-5H,1-3H3,(H2,12,13,14). The smallest absolute Gasteiger partial charge is 0.200 e. The van der Waals surface area contributed by atoms with Crippen molar-refractivity contribution in [1.29, 1.82) is 0 Å². The van der Waals surface area contributed by atoms with Crippen LogP contribution in [0.4, 0.5) is 5.13 Å². The maximum atomic E-state index is 5.59. The number of methoxy groups -OCH3 is 3. The van der Waals surface area contributed by atoms with Crippen LogP contribution in [0.3, 0.4) is 0 Å². The summed E-state index contributed by atoms with van der Waals surface area (Å²) >= 11 is 1.12. The average Bonchev–Trinajstić information content (AvgIpc) is 2.83. The van der Waals surface area contributed by atoms with Crippen molar-refractivity contribution in [1.82, 2.24) is 9.36 Å². The molecular weight excluding hydrogens is 254 g/mol. The molecule has 0 atom stereocenters. The van der Waals surface area contributed by atoms with Gasteiger partial charge in [0.2, 0.25) is 0 Å². The molecule has 1 aromatic carbocycles. The van der Waals surface area contributed by atoms with Crippen LogP contribution in [0, 0.1) is 0 Å². The van der Waals surface area contributed by atoms with Crippen LogP contribution in [0.1, 0.15) is 0 Å². The predicted octanol–water partition coefficient (Wildman–Crippen LogP) is 1.81. The Bertz CT molecular complexity index is 531. The van der Waals surface area contributed by atoms with Gasteiger partial charge in [-0.2, -0.15) is 9.36 Å². The van der Waals surface area contributed by atoms with Crippen molar-refractivity contribution in [3.8, 4) is 28.6 Å². The minimum absolute atomic E-state index is 0.393. The number of hydrogen-bond donors (Lipinski definition) is 1. The molecule has 2 rings (SSSR count). The van der Waals surface area contributed by atoms with Gasteiger partial charge in [-0.1, -0.05) is 0 Å². The zero-order chi connectivity index (χ0) is 13.1. The van der Waals surface area contributed by atoms with Crippen molar-refractivity contribution in [3.05, 3.63) is 12.1 Å². The van der Waals surface area contributed by atoms with E-state index in [0.29, 0.717) is 33.8 Å². The first-order chi connectivity index (χ1) is 8.69. The molecule has 18 heavy (non-hydrogen) atoms. The second kappa shape index (κ2) is 5.09. The first kappa shape index (κ1) is 12.4. The Morgan fingerprint density at radius 1 is 1.06 bits per heavy atom. The van der Waals surface area contributed by atoms with Gasteiger partial charge >= 0.3 is 0 Å². The van der Waals surface area contributed by atoms with E-state index in [2.05, 4.69) is 9.36 Å². The number of aromatic nitrogens is 2. The molecule has 1 aromatic heterocycles. The lowest BCUT2D eigenvalue weighted by atomic mass is 10.1. The molecule has 0 bridgehead atoms. The monoisotopic (exact) mass is 267 g/mol. The molecule has 0 radical (unpaired) electrons. The number of nitrogens with two attached hydrogens (primary N) is 1. The first-order valence-electron chi connectivity index (χ1n) is 5.09. The molecule has 0 aliphatic heterocycles. The number of benzene rings is 1. The number of anilines is 1. The van der Waals surface area contributed by atoms with Crippen LogP contribution in [0.5, 0.6) is 17.2 Å². The summed E-state index contributed by atoms with van der Waals surface area (Å²) in [5.74, 6) is 2.26. The summed E-state index contributed by atoms with van der Waals surface area (Å²) in [6.45, 7) is 0. The zero-order valence-corrected chi connectivity index (χ0v) is 11.1. The van der Waals surface area contributed by atoms with E-state index < -0.39 is 0 Å². The zero-order valence-electron chi connectivity index (χ0n) is 10.3. The fraction of sp³-hybridized carbons (Fsp3) is 0.273. The van der Waals surface area contributed by atoms with Crippen LogP contribution in [0.15, 0.2) is 12.1 Å². The van der Waals surface area contributed by atoms with E-state index in [9.17, 15) is 0 Å². The number of ether oxygens (including phenoxy) is 3. The largest absolute Gasteiger partial charge is 0.496 e. The van der Waals surface area contributed by atoms with Gasteiger partial charge in [0.15, 0.2) is 11.0 Å². The van der Waals surface area contributed by atoms with Gasteiger partial charge < -0.3 is 19.9 Å². The third kappa shape index (κ3) is 2.17. The molecular formula is C11H13N3O3S. The maximum absolute atomic E-state index is 5.59. The lowest BCUT2D eigenvalue weighted by Gasteiger charge is -2.12. The molecule has 0 saturated carbocycles. The third-order valence-electron chi connectivity index (χ3n) is 2.38. The van der Waals surface area contributed by atoms with E-state index in [0.717, 1.165) is 11.5 Å². The quantitative estimate of drug-likeness (QED) is 0.910. The SMILES string of the molecule is COc1cc(OC)c(-c2nsc(N)n2)c(OC)c1. The van der Waals surface area contributed by atoms with Gasteiger partial charge in [0, 0.05) is 23.7 Å². The van der Waals surface area contributed by atoms with Gasteiger partial charge in [-0.3, -0.25) is 0 Å². The topological polar surface area (TPSA) is 79.5 Å². The molecule has 0 aliphatic carbocycles. The minimum atomic E-state index is 0.393. The van der Waals surface area contributed by atoms with Crippen molar-refractivity contribution in [3.63, 3.8) is 0 Å². The molecule has 0 spiro atoms. The summed E-state index contributed by atoms with van der Waals surface area (Å²) in [6, 6.07) is 3.49. The Hall–Kier alpha value is -2.02. The van der Waals surface area contributed by atoms with Gasteiger partial charge in [-0.25, -0.2) is 0 Å². The van der Waals surface area contributed by atoms with Gasteiger partial charge in [0.1, 0.15) is 22.8 Å². The van der Waals surface area contributed by atoms with Gasteiger partial charge in [-0.15, -0.1) is 0 Å². The Morgan fingerprint density at radius 3 is 2.06 bits per heavy atom. The van der Waals surface area contributed by atoms with Crippen molar-refractivity contribution in [2.45, 2.75) is 0 Å². The Morgan fingerprint density at radius 2 is 1.67 bits per heavy atom. The Kier molecular flexibility index (Phi) is 3.52. The molecule has 1 heterocycles. The summed E-state index contributed by atoms with van der Waals surface area (Å²) < 4.78 is 20.0. The van der Waals surface area contributed by atoms with E-state index >= 15 is 0 Å². The van der Waals surface area contributed by atoms with Crippen molar-refractivity contribution in [2.75, 3.05) is 27.1 Å². The summed E-state index contributed by atoms with van der Waals surface area (Å²) in [5, 5.41) is 0.393. The predicted molar refractivity (Wildman–Crippen MR) is 69.4 cm³/mol. The molecule has 0 saturated heterocycles. The van der Waals surface area contributed by atoms with Crippen LogP contribution < -0.4 is 19.9 Å². The molecule has 0 amide bonds. The third-order valence-corrected chi connectivity index (χ3v) is 2.92. The summed E-state index contributed by atoms with van der Waals surface area (Å²) in [6.07, 6.45) is 0. The van der Waals surface area contributed by atoms with Gasteiger partial charge in [0.05, 0.1) is 21.3 Å². The number of nitrogen functional groups attached to an aromatic ring is 1. The molecule has 2 N–H and O–H groups in total. The fourth-order valence-corrected chi connectivity index (χ4v) is 2.00. The van der Waals surface area contributed by atoms with E-state index in [1.54, 1.807) is 33.5 Å². The first-order valence-corrected chi connectivity index (χ1v) is 5.86. The highest BCUT2D eigenvalue weighted by Gasteiger charge is 2.18. The molecule has 0 fully saturated rings. The van der Waals surface area contributed by atoms with Gasteiger partial charge in [0.25, 0.3) is 0 Å². The van der Waals surface area contributed by atoms with Gasteiger partial charge in [-0.05, 0) is 0 Å². The van der Waals surface area contributed by atoms with Crippen LogP contribution >= 0.6 is 11.5 Å². The summed E-state index contributed by atoms with van der Waals surface area (Å²) in [7, 11) is 4.70. The lowest BCUT2D eigenvalue weighted by molar-refractivity contribution is 0.377. The van der Waals surface area contributed by atoms with E-state index in [4.69, 9.17) is 19.9 Å². The highest BCUT2D eigenvalue weighted by Crippen LogP contribution is 2.40. The molecule has 2 aromatic rings. The van der Waals surface area contributed by atoms with Crippen molar-refractivity contribution < 1.29 is 14.2 Å². The minimum Gasteiger partial charge on any atom is -0.496 e. The number of hydrogen-bond acceptors (Lipinski definition) is 7. The molecule has 6 nitrogen and oxygen atoms in total. The Balaban J connectivity index is 2.63. The lowest BCUT2D eigenvalue weighted by Crippen LogP contribution is -1.96. The molecule has 7 heteroatoms. The molecule has 0 unspecified atom stereocenters. The highest BCUT2D eigenvalue weighted by molar-refractivity contribution is 7.09. The van der Waals surface area contributed by atoms with Crippen LogP contribution in [0.2, 0.25) is 0 Å². The number of rotatable bonds is 4. The fourth-order valence-electron chi connectivity index (χ4n) is 1.56. The van der Waals surface area contributed by atoms with Crippen molar-refractivity contribution >= 4 is 16.7 Å². The summed E-state index contributed by atoms with van der Waals surface area (Å²) in [4.78, 5) is 4.14. The van der Waals surface area contributed by atoms with Crippen LogP contribution in [0.25, 0.3) is 11.4 Å². The van der Waals surface area contributed by atoms with Crippen molar-refractivity contribution in [2.24, 2.45) is 0 Å². The second-order valence-corrected chi connectivity index (χ2v) is 4.15. The van der Waals surface area contributed by atoms with E-state index in [-0.39, 0.29) is 0 Å². The normalized spacial score (nSPS) is 10.2.